The first kappa shape index (κ1) is 21.6. The maximum absolute atomic E-state index is 12.5. The Kier molecular flexibility index (Phi) is 6.29. The third-order valence-electron chi connectivity index (χ3n) is 3.82. The summed E-state index contributed by atoms with van der Waals surface area (Å²) in [5.74, 6) is -0.607. The van der Waals surface area contributed by atoms with E-state index in [4.69, 9.17) is 11.6 Å². The van der Waals surface area contributed by atoms with Gasteiger partial charge in [-0.05, 0) is 42.8 Å². The van der Waals surface area contributed by atoms with Crippen LogP contribution >= 0.6 is 22.9 Å². The van der Waals surface area contributed by atoms with Crippen molar-refractivity contribution in [2.45, 2.75) is 18.2 Å². The van der Waals surface area contributed by atoms with Crippen LogP contribution in [0.5, 0.6) is 0 Å². The molecule has 10 nitrogen and oxygen atoms in total. The van der Waals surface area contributed by atoms with Crippen LogP contribution in [0.2, 0.25) is 5.02 Å². The van der Waals surface area contributed by atoms with Crippen molar-refractivity contribution in [2.24, 2.45) is 0 Å². The van der Waals surface area contributed by atoms with E-state index in [9.17, 15) is 23.3 Å². The lowest BCUT2D eigenvalue weighted by molar-refractivity contribution is -0.384. The predicted octanol–water partition coefficient (Wildman–Crippen LogP) is 3.72. The average molecular weight is 468 g/mol. The molecule has 3 aromatic rings. The Morgan fingerprint density at radius 2 is 1.90 bits per heavy atom. The number of rotatable bonds is 7. The van der Waals surface area contributed by atoms with E-state index >= 15 is 0 Å². The standard InChI is InChI=1S/C17H14ClN5O5S2/c1-2-15-20-21-17(29-15)22-30(27,28)12-6-4-11(5-7-12)19-16(24)10-3-8-13(18)14(9-10)23(25)26/h3-9H,2H2,1H3,(H,19,24)(H,21,22). The summed E-state index contributed by atoms with van der Waals surface area (Å²) < 4.78 is 27.3. The molecule has 0 spiro atoms. The summed E-state index contributed by atoms with van der Waals surface area (Å²) in [6.07, 6.45) is 0.643. The van der Waals surface area contributed by atoms with Crippen LogP contribution in [-0.4, -0.2) is 29.4 Å². The van der Waals surface area contributed by atoms with Gasteiger partial charge in [0.2, 0.25) is 5.13 Å². The summed E-state index contributed by atoms with van der Waals surface area (Å²) in [7, 11) is -3.87. The molecule has 13 heteroatoms. The lowest BCUT2D eigenvalue weighted by atomic mass is 10.2. The van der Waals surface area contributed by atoms with Crippen molar-refractivity contribution in [3.8, 4) is 0 Å². The zero-order valence-electron chi connectivity index (χ0n) is 15.3. The molecule has 1 heterocycles. The van der Waals surface area contributed by atoms with E-state index < -0.39 is 20.9 Å². The summed E-state index contributed by atoms with van der Waals surface area (Å²) >= 11 is 6.88. The first-order valence-electron chi connectivity index (χ1n) is 8.40. The van der Waals surface area contributed by atoms with Gasteiger partial charge in [0.05, 0.1) is 9.82 Å². The Bertz CT molecular complexity index is 1210. The van der Waals surface area contributed by atoms with E-state index in [-0.39, 0.29) is 26.3 Å². The molecule has 0 aliphatic heterocycles. The van der Waals surface area contributed by atoms with Crippen LogP contribution in [0.25, 0.3) is 0 Å². The molecular formula is C17H14ClN5O5S2. The average Bonchev–Trinajstić information content (AvgIpc) is 3.15. The van der Waals surface area contributed by atoms with Gasteiger partial charge in [0.15, 0.2) is 0 Å². The second-order valence-electron chi connectivity index (χ2n) is 5.86. The van der Waals surface area contributed by atoms with E-state index in [1.54, 1.807) is 0 Å². The molecule has 156 valence electrons. The van der Waals surface area contributed by atoms with Gasteiger partial charge in [0.25, 0.3) is 21.6 Å². The third kappa shape index (κ3) is 4.90. The molecule has 0 saturated carbocycles. The van der Waals surface area contributed by atoms with E-state index in [2.05, 4.69) is 20.2 Å². The zero-order valence-corrected chi connectivity index (χ0v) is 17.7. The minimum absolute atomic E-state index is 0.0316. The molecule has 0 fully saturated rings. The molecule has 2 aromatic carbocycles. The van der Waals surface area contributed by atoms with Crippen LogP contribution in [0.1, 0.15) is 22.3 Å². The van der Waals surface area contributed by atoms with Gasteiger partial charge in [-0.2, -0.15) is 0 Å². The fourth-order valence-electron chi connectivity index (χ4n) is 2.33. The number of nitrogens with zero attached hydrogens (tertiary/aromatic N) is 3. The minimum atomic E-state index is -3.87. The molecule has 0 atom stereocenters. The van der Waals surface area contributed by atoms with Crippen LogP contribution in [0.3, 0.4) is 0 Å². The van der Waals surface area contributed by atoms with Gasteiger partial charge in [-0.1, -0.05) is 29.9 Å². The number of aryl methyl sites for hydroxylation is 1. The molecule has 1 amide bonds. The lowest BCUT2D eigenvalue weighted by Crippen LogP contribution is -2.14. The van der Waals surface area contributed by atoms with Crippen molar-refractivity contribution < 1.29 is 18.1 Å². The highest BCUT2D eigenvalue weighted by molar-refractivity contribution is 7.93. The normalized spacial score (nSPS) is 11.1. The van der Waals surface area contributed by atoms with Crippen molar-refractivity contribution in [2.75, 3.05) is 10.0 Å². The van der Waals surface area contributed by atoms with Crippen molar-refractivity contribution in [1.29, 1.82) is 0 Å². The number of nitro groups is 1. The topological polar surface area (TPSA) is 144 Å². The number of nitro benzene ring substituents is 1. The van der Waals surface area contributed by atoms with E-state index in [0.717, 1.165) is 17.4 Å². The molecule has 0 saturated heterocycles. The Hall–Kier alpha value is -3.09. The second kappa shape index (κ2) is 8.73. The second-order valence-corrected chi connectivity index (χ2v) is 9.01. The summed E-state index contributed by atoms with van der Waals surface area (Å²) in [5.41, 5.74) is -0.0482. The summed E-state index contributed by atoms with van der Waals surface area (Å²) in [5, 5.41) is 21.9. The predicted molar refractivity (Wildman–Crippen MR) is 113 cm³/mol. The number of hydrogen-bond donors (Lipinski definition) is 2. The maximum Gasteiger partial charge on any atom is 0.288 e. The van der Waals surface area contributed by atoms with Gasteiger partial charge in [-0.25, -0.2) is 8.42 Å². The van der Waals surface area contributed by atoms with Gasteiger partial charge < -0.3 is 5.32 Å². The van der Waals surface area contributed by atoms with Crippen molar-refractivity contribution >= 4 is 55.4 Å². The minimum Gasteiger partial charge on any atom is -0.322 e. The molecule has 0 aliphatic rings. The van der Waals surface area contributed by atoms with E-state index in [1.165, 1.54) is 36.4 Å². The van der Waals surface area contributed by atoms with Gasteiger partial charge in [0, 0.05) is 17.3 Å². The number of amides is 1. The number of hydrogen-bond acceptors (Lipinski definition) is 8. The summed E-state index contributed by atoms with van der Waals surface area (Å²) in [6.45, 7) is 1.88. The highest BCUT2D eigenvalue weighted by Crippen LogP contribution is 2.26. The highest BCUT2D eigenvalue weighted by atomic mass is 35.5. The number of anilines is 2. The molecule has 0 radical (unpaired) electrons. The number of sulfonamides is 1. The molecule has 30 heavy (non-hydrogen) atoms. The number of carbonyl (C=O) groups is 1. The smallest absolute Gasteiger partial charge is 0.288 e. The number of carbonyl (C=O) groups excluding carboxylic acids is 1. The van der Waals surface area contributed by atoms with Gasteiger partial charge in [0.1, 0.15) is 10.0 Å². The largest absolute Gasteiger partial charge is 0.322 e. The van der Waals surface area contributed by atoms with Crippen LogP contribution < -0.4 is 10.0 Å². The number of benzene rings is 2. The van der Waals surface area contributed by atoms with Crippen LogP contribution in [0.15, 0.2) is 47.4 Å². The van der Waals surface area contributed by atoms with Crippen molar-refractivity contribution in [3.63, 3.8) is 0 Å². The Morgan fingerprint density at radius 1 is 1.20 bits per heavy atom. The molecule has 2 N–H and O–H groups in total. The molecular weight excluding hydrogens is 454 g/mol. The molecule has 0 bridgehead atoms. The van der Waals surface area contributed by atoms with Crippen LogP contribution in [0.4, 0.5) is 16.5 Å². The third-order valence-corrected chi connectivity index (χ3v) is 6.61. The molecule has 3 rings (SSSR count). The number of halogens is 1. The fourth-order valence-corrected chi connectivity index (χ4v) is 4.42. The Morgan fingerprint density at radius 3 is 2.50 bits per heavy atom. The van der Waals surface area contributed by atoms with E-state index in [0.29, 0.717) is 17.1 Å². The Balaban J connectivity index is 1.73. The summed E-state index contributed by atoms with van der Waals surface area (Å²) in [4.78, 5) is 22.6. The highest BCUT2D eigenvalue weighted by Gasteiger charge is 2.18. The molecule has 1 aromatic heterocycles. The first-order chi connectivity index (χ1) is 14.2. The van der Waals surface area contributed by atoms with Gasteiger partial charge in [-0.3, -0.25) is 19.6 Å². The number of nitrogens with one attached hydrogen (secondary N) is 2. The molecule has 0 unspecified atom stereocenters. The van der Waals surface area contributed by atoms with E-state index in [1.807, 2.05) is 6.92 Å². The Labute approximate surface area is 180 Å². The zero-order chi connectivity index (χ0) is 21.9. The maximum atomic E-state index is 12.5. The molecule has 0 aliphatic carbocycles. The lowest BCUT2D eigenvalue weighted by Gasteiger charge is -2.08. The van der Waals surface area contributed by atoms with Crippen molar-refractivity contribution in [1.82, 2.24) is 10.2 Å². The van der Waals surface area contributed by atoms with Crippen molar-refractivity contribution in [3.05, 3.63) is 68.2 Å². The number of aromatic nitrogens is 2. The fraction of sp³-hybridized carbons (Fsp3) is 0.118. The monoisotopic (exact) mass is 467 g/mol. The quantitative estimate of drug-likeness (QED) is 0.398. The summed E-state index contributed by atoms with van der Waals surface area (Å²) in [6, 6.07) is 9.08. The van der Waals surface area contributed by atoms with Crippen LogP contribution in [0, 0.1) is 10.1 Å². The van der Waals surface area contributed by atoms with Gasteiger partial charge >= 0.3 is 0 Å². The van der Waals surface area contributed by atoms with Crippen LogP contribution in [-0.2, 0) is 16.4 Å². The first-order valence-corrected chi connectivity index (χ1v) is 11.1. The SMILES string of the molecule is CCc1nnc(NS(=O)(=O)c2ccc(NC(=O)c3ccc(Cl)c([N+](=O)[O-])c3)cc2)s1. The van der Waals surface area contributed by atoms with Gasteiger partial charge in [-0.15, -0.1) is 10.2 Å².